The molecular weight excluding hydrogens is 348 g/mol. The van der Waals surface area contributed by atoms with Crippen LogP contribution in [0.1, 0.15) is 0 Å². The minimum absolute atomic E-state index is 0.636. The summed E-state index contributed by atoms with van der Waals surface area (Å²) < 4.78 is 7.42. The molecule has 0 fully saturated rings. The Bertz CT molecular complexity index is 468. The van der Waals surface area contributed by atoms with Gasteiger partial charge in [0, 0.05) is 32.5 Å². The van der Waals surface area contributed by atoms with Crippen LogP contribution in [0.3, 0.4) is 0 Å². The Balaban J connectivity index is 2.31. The van der Waals surface area contributed by atoms with Gasteiger partial charge >= 0.3 is 0 Å². The summed E-state index contributed by atoms with van der Waals surface area (Å²) in [6.45, 7) is 0. The van der Waals surface area contributed by atoms with Crippen LogP contribution in [0.5, 0.6) is 11.5 Å². The van der Waals surface area contributed by atoms with Gasteiger partial charge in [-0.1, -0.05) is 31.9 Å². The molecule has 0 aliphatic carbocycles. The Morgan fingerprint density at radius 1 is 0.706 bits per heavy atom. The summed E-state index contributed by atoms with van der Waals surface area (Å²) in [5, 5.41) is 0. The minimum atomic E-state index is 0.636. The van der Waals surface area contributed by atoms with E-state index < -0.39 is 0 Å². The fraction of sp³-hybridized carbons (Fsp3) is 0. The molecule has 0 saturated carbocycles. The molecule has 88 valence electrons. The predicted octanol–water partition coefficient (Wildman–Crippen LogP) is 4.17. The van der Waals surface area contributed by atoms with Gasteiger partial charge in [-0.15, -0.1) is 0 Å². The van der Waals surface area contributed by atoms with Gasteiger partial charge in [0.15, 0.2) is 0 Å². The number of ether oxygens (including phenoxy) is 1. The molecule has 0 unspecified atom stereocenters. The third kappa shape index (κ3) is 3.38. The SMILES string of the molecule is Nc1cc(Br)cc(Oc2cc(N)cc(Br)c2)c1. The lowest BCUT2D eigenvalue weighted by Gasteiger charge is -2.08. The van der Waals surface area contributed by atoms with Crippen LogP contribution in [0, 0.1) is 0 Å². The van der Waals surface area contributed by atoms with Crippen molar-refractivity contribution in [2.24, 2.45) is 0 Å². The van der Waals surface area contributed by atoms with Crippen molar-refractivity contribution in [3.8, 4) is 11.5 Å². The second-order valence-corrected chi connectivity index (χ2v) is 5.37. The smallest absolute Gasteiger partial charge is 0.130 e. The van der Waals surface area contributed by atoms with Gasteiger partial charge in [0.2, 0.25) is 0 Å². The maximum Gasteiger partial charge on any atom is 0.130 e. The molecule has 5 heteroatoms. The van der Waals surface area contributed by atoms with Crippen LogP contribution < -0.4 is 16.2 Å². The Hall–Kier alpha value is -1.20. The number of rotatable bonds is 2. The molecule has 0 amide bonds. The molecule has 0 spiro atoms. The van der Waals surface area contributed by atoms with Crippen LogP contribution in [0.25, 0.3) is 0 Å². The number of hydrogen-bond acceptors (Lipinski definition) is 3. The highest BCUT2D eigenvalue weighted by atomic mass is 79.9. The quantitative estimate of drug-likeness (QED) is 0.793. The van der Waals surface area contributed by atoms with Crippen LogP contribution in [0.2, 0.25) is 0 Å². The van der Waals surface area contributed by atoms with Gasteiger partial charge in [-0.05, 0) is 24.3 Å². The zero-order valence-corrected chi connectivity index (χ0v) is 12.0. The van der Waals surface area contributed by atoms with E-state index in [0.717, 1.165) is 8.95 Å². The van der Waals surface area contributed by atoms with E-state index in [4.69, 9.17) is 16.2 Å². The van der Waals surface area contributed by atoms with Gasteiger partial charge < -0.3 is 16.2 Å². The number of hydrogen-bond donors (Lipinski definition) is 2. The van der Waals surface area contributed by atoms with Gasteiger partial charge in [0.1, 0.15) is 11.5 Å². The van der Waals surface area contributed by atoms with E-state index in [-0.39, 0.29) is 0 Å². The highest BCUT2D eigenvalue weighted by Crippen LogP contribution is 2.30. The molecule has 0 aliphatic rings. The molecule has 0 heterocycles. The summed E-state index contributed by atoms with van der Waals surface area (Å²) in [5.41, 5.74) is 12.7. The Morgan fingerprint density at radius 3 is 1.47 bits per heavy atom. The molecule has 0 aliphatic heterocycles. The largest absolute Gasteiger partial charge is 0.457 e. The first-order valence-corrected chi connectivity index (χ1v) is 6.41. The molecule has 3 nitrogen and oxygen atoms in total. The number of benzene rings is 2. The van der Waals surface area contributed by atoms with E-state index in [1.807, 2.05) is 24.3 Å². The zero-order chi connectivity index (χ0) is 12.4. The highest BCUT2D eigenvalue weighted by molar-refractivity contribution is 9.10. The van der Waals surface area contributed by atoms with Gasteiger partial charge in [-0.3, -0.25) is 0 Å². The first kappa shape index (κ1) is 12.3. The van der Waals surface area contributed by atoms with E-state index in [2.05, 4.69) is 31.9 Å². The Labute approximate surface area is 116 Å². The van der Waals surface area contributed by atoms with Crippen molar-refractivity contribution in [2.75, 3.05) is 11.5 Å². The molecule has 0 radical (unpaired) electrons. The van der Waals surface area contributed by atoms with Gasteiger partial charge in [0.05, 0.1) is 0 Å². The van der Waals surface area contributed by atoms with Crippen molar-refractivity contribution >= 4 is 43.2 Å². The van der Waals surface area contributed by atoms with E-state index in [9.17, 15) is 0 Å². The maximum atomic E-state index is 5.73. The van der Waals surface area contributed by atoms with E-state index in [1.54, 1.807) is 12.1 Å². The fourth-order valence-electron chi connectivity index (χ4n) is 1.42. The summed E-state index contributed by atoms with van der Waals surface area (Å²) in [7, 11) is 0. The molecule has 0 atom stereocenters. The van der Waals surface area contributed by atoms with Crippen LogP contribution >= 0.6 is 31.9 Å². The molecule has 0 bridgehead atoms. The lowest BCUT2D eigenvalue weighted by Crippen LogP contribution is -1.90. The van der Waals surface area contributed by atoms with Crippen molar-refractivity contribution in [3.63, 3.8) is 0 Å². The monoisotopic (exact) mass is 356 g/mol. The standard InChI is InChI=1S/C12H10Br2N2O/c13-7-1-9(15)5-11(3-7)17-12-4-8(14)2-10(16)6-12/h1-6H,15-16H2. The maximum absolute atomic E-state index is 5.73. The van der Waals surface area contributed by atoms with Crippen molar-refractivity contribution in [2.45, 2.75) is 0 Å². The summed E-state index contributed by atoms with van der Waals surface area (Å²) in [4.78, 5) is 0. The molecule has 17 heavy (non-hydrogen) atoms. The van der Waals surface area contributed by atoms with Crippen molar-refractivity contribution in [3.05, 3.63) is 45.3 Å². The first-order chi connectivity index (χ1) is 8.02. The Morgan fingerprint density at radius 2 is 1.12 bits per heavy atom. The number of nitrogens with two attached hydrogens (primary N) is 2. The molecule has 2 aromatic carbocycles. The average molecular weight is 358 g/mol. The van der Waals surface area contributed by atoms with Crippen molar-refractivity contribution in [1.82, 2.24) is 0 Å². The molecule has 4 N–H and O–H groups in total. The molecule has 2 rings (SSSR count). The molecule has 2 aromatic rings. The highest BCUT2D eigenvalue weighted by Gasteiger charge is 2.02. The fourth-order valence-corrected chi connectivity index (χ4v) is 2.40. The van der Waals surface area contributed by atoms with E-state index in [0.29, 0.717) is 22.9 Å². The van der Waals surface area contributed by atoms with Gasteiger partial charge in [-0.25, -0.2) is 0 Å². The van der Waals surface area contributed by atoms with Crippen LogP contribution in [-0.4, -0.2) is 0 Å². The molecule has 0 saturated heterocycles. The van der Waals surface area contributed by atoms with Crippen molar-refractivity contribution < 1.29 is 4.74 Å². The number of halogens is 2. The first-order valence-electron chi connectivity index (χ1n) is 4.83. The van der Waals surface area contributed by atoms with Gasteiger partial charge in [-0.2, -0.15) is 0 Å². The third-order valence-corrected chi connectivity index (χ3v) is 2.94. The minimum Gasteiger partial charge on any atom is -0.457 e. The summed E-state index contributed by atoms with van der Waals surface area (Å²) in [5.74, 6) is 1.32. The average Bonchev–Trinajstić information content (AvgIpc) is 2.13. The second-order valence-electron chi connectivity index (χ2n) is 3.54. The van der Waals surface area contributed by atoms with Crippen LogP contribution in [0.4, 0.5) is 11.4 Å². The van der Waals surface area contributed by atoms with Crippen LogP contribution in [0.15, 0.2) is 45.3 Å². The van der Waals surface area contributed by atoms with E-state index in [1.165, 1.54) is 0 Å². The Kier molecular flexibility index (Phi) is 3.59. The molecular formula is C12H10Br2N2O. The lowest BCUT2D eigenvalue weighted by molar-refractivity contribution is 0.482. The summed E-state index contributed by atoms with van der Waals surface area (Å²) in [6, 6.07) is 10.8. The van der Waals surface area contributed by atoms with Gasteiger partial charge in [0.25, 0.3) is 0 Å². The number of anilines is 2. The second kappa shape index (κ2) is 4.98. The van der Waals surface area contributed by atoms with Crippen LogP contribution in [-0.2, 0) is 0 Å². The normalized spacial score (nSPS) is 10.2. The topological polar surface area (TPSA) is 61.3 Å². The van der Waals surface area contributed by atoms with E-state index >= 15 is 0 Å². The summed E-state index contributed by atoms with van der Waals surface area (Å²) in [6.07, 6.45) is 0. The third-order valence-electron chi connectivity index (χ3n) is 2.02. The van der Waals surface area contributed by atoms with Crippen molar-refractivity contribution in [1.29, 1.82) is 0 Å². The predicted molar refractivity (Wildman–Crippen MR) is 77.2 cm³/mol. The summed E-state index contributed by atoms with van der Waals surface area (Å²) >= 11 is 6.72. The molecule has 0 aromatic heterocycles. The lowest BCUT2D eigenvalue weighted by atomic mass is 10.3. The zero-order valence-electron chi connectivity index (χ0n) is 8.78. The number of nitrogen functional groups attached to an aromatic ring is 2.